The molecule has 0 aliphatic carbocycles. The molecule has 0 aliphatic heterocycles. The summed E-state index contributed by atoms with van der Waals surface area (Å²) in [5, 5.41) is 9.29. The van der Waals surface area contributed by atoms with Crippen molar-refractivity contribution in [1.82, 2.24) is 0 Å². The Morgan fingerprint density at radius 1 is 0.731 bits per heavy atom. The first-order valence-electron chi connectivity index (χ1n) is 7.75. The van der Waals surface area contributed by atoms with E-state index < -0.39 is 0 Å². The van der Waals surface area contributed by atoms with Crippen LogP contribution in [-0.4, -0.2) is 35.5 Å². The molecule has 26 heavy (non-hydrogen) atoms. The van der Waals surface area contributed by atoms with Crippen LogP contribution in [0.4, 0.5) is 0 Å². The summed E-state index contributed by atoms with van der Waals surface area (Å²) < 4.78 is 26.8. The average molecular weight is 355 g/mol. The molecular weight excluding hydrogens is 334 g/mol. The fourth-order valence-electron chi connectivity index (χ4n) is 2.60. The van der Waals surface area contributed by atoms with Gasteiger partial charge in [0, 0.05) is 12.1 Å². The van der Waals surface area contributed by atoms with Crippen molar-refractivity contribution in [3.05, 3.63) is 47.5 Å². The monoisotopic (exact) mass is 355 g/mol. The second-order valence-corrected chi connectivity index (χ2v) is 5.20. The third kappa shape index (κ3) is 3.83. The lowest BCUT2D eigenvalue weighted by atomic mass is 9.96. The van der Waals surface area contributed by atoms with Crippen LogP contribution in [0.15, 0.2) is 36.4 Å². The SMILES string of the molecule is COc1cc(OC)cc(/C(=C\C#N)c2cc(OC)c(OC)c(OC)c2)c1. The summed E-state index contributed by atoms with van der Waals surface area (Å²) in [6.45, 7) is 0. The second-order valence-electron chi connectivity index (χ2n) is 5.20. The molecule has 0 fully saturated rings. The van der Waals surface area contributed by atoms with Gasteiger partial charge in [-0.2, -0.15) is 5.26 Å². The molecule has 0 amide bonds. The molecule has 2 aromatic rings. The molecule has 0 aliphatic rings. The first-order valence-corrected chi connectivity index (χ1v) is 7.75. The lowest BCUT2D eigenvalue weighted by molar-refractivity contribution is 0.324. The highest BCUT2D eigenvalue weighted by Crippen LogP contribution is 2.41. The van der Waals surface area contributed by atoms with Crippen molar-refractivity contribution in [1.29, 1.82) is 5.26 Å². The molecular formula is C20H21NO5. The zero-order chi connectivity index (χ0) is 19.1. The molecule has 2 aromatic carbocycles. The molecule has 6 nitrogen and oxygen atoms in total. The van der Waals surface area contributed by atoms with Crippen LogP contribution >= 0.6 is 0 Å². The highest BCUT2D eigenvalue weighted by atomic mass is 16.5. The first-order chi connectivity index (χ1) is 12.6. The van der Waals surface area contributed by atoms with Gasteiger partial charge in [0.15, 0.2) is 11.5 Å². The van der Waals surface area contributed by atoms with Crippen molar-refractivity contribution in [3.8, 4) is 34.8 Å². The summed E-state index contributed by atoms with van der Waals surface area (Å²) in [4.78, 5) is 0. The van der Waals surface area contributed by atoms with Crippen LogP contribution in [-0.2, 0) is 0 Å². The van der Waals surface area contributed by atoms with E-state index in [0.29, 0.717) is 34.3 Å². The second kappa shape index (κ2) is 8.67. The molecule has 0 heterocycles. The maximum absolute atomic E-state index is 9.29. The Hall–Kier alpha value is -3.33. The Morgan fingerprint density at radius 2 is 1.23 bits per heavy atom. The van der Waals surface area contributed by atoms with Crippen molar-refractivity contribution < 1.29 is 23.7 Å². The fraction of sp³-hybridized carbons (Fsp3) is 0.250. The standard InChI is InChI=1S/C20H21NO5/c1-22-15-8-13(9-16(12-15)23-2)17(6-7-21)14-10-18(24-3)20(26-5)19(11-14)25-4/h6,8-12H,1-5H3/b17-6+. The van der Waals surface area contributed by atoms with E-state index in [1.54, 1.807) is 53.7 Å². The Labute approximate surface area is 153 Å². The summed E-state index contributed by atoms with van der Waals surface area (Å²) in [5.74, 6) is 2.73. The molecule has 2 rings (SSSR count). The van der Waals surface area contributed by atoms with Gasteiger partial charge in [0.2, 0.25) is 5.75 Å². The third-order valence-electron chi connectivity index (χ3n) is 3.85. The zero-order valence-corrected chi connectivity index (χ0v) is 15.5. The number of hydrogen-bond donors (Lipinski definition) is 0. The van der Waals surface area contributed by atoms with Crippen molar-refractivity contribution >= 4 is 5.57 Å². The molecule has 0 saturated heterocycles. The Balaban J connectivity index is 2.70. The van der Waals surface area contributed by atoms with Gasteiger partial charge in [-0.05, 0) is 41.0 Å². The van der Waals surface area contributed by atoms with E-state index in [9.17, 15) is 5.26 Å². The van der Waals surface area contributed by atoms with Crippen LogP contribution in [0, 0.1) is 11.3 Å². The van der Waals surface area contributed by atoms with Crippen molar-refractivity contribution in [2.75, 3.05) is 35.5 Å². The van der Waals surface area contributed by atoms with Crippen LogP contribution in [0.1, 0.15) is 11.1 Å². The zero-order valence-electron chi connectivity index (χ0n) is 15.5. The number of methoxy groups -OCH3 is 5. The van der Waals surface area contributed by atoms with Crippen LogP contribution in [0.5, 0.6) is 28.7 Å². The number of ether oxygens (including phenoxy) is 5. The van der Waals surface area contributed by atoms with Gasteiger partial charge >= 0.3 is 0 Å². The molecule has 136 valence electrons. The van der Waals surface area contributed by atoms with Gasteiger partial charge in [0.1, 0.15) is 11.5 Å². The first kappa shape index (κ1) is 19.0. The predicted octanol–water partition coefficient (Wildman–Crippen LogP) is 3.68. The van der Waals surface area contributed by atoms with Crippen LogP contribution in [0.2, 0.25) is 0 Å². The van der Waals surface area contributed by atoms with E-state index in [2.05, 4.69) is 6.07 Å². The normalized spacial score (nSPS) is 10.7. The van der Waals surface area contributed by atoms with E-state index in [0.717, 1.165) is 11.1 Å². The minimum absolute atomic E-state index is 0.485. The van der Waals surface area contributed by atoms with Gasteiger partial charge in [-0.3, -0.25) is 0 Å². The van der Waals surface area contributed by atoms with Gasteiger partial charge in [-0.1, -0.05) is 0 Å². The molecule has 6 heteroatoms. The Kier molecular flexibility index (Phi) is 6.34. The van der Waals surface area contributed by atoms with E-state index in [1.807, 2.05) is 12.1 Å². The topological polar surface area (TPSA) is 69.9 Å². The molecule has 0 spiro atoms. The largest absolute Gasteiger partial charge is 0.497 e. The van der Waals surface area contributed by atoms with Crippen molar-refractivity contribution in [2.45, 2.75) is 0 Å². The summed E-state index contributed by atoms with van der Waals surface area (Å²) in [7, 11) is 7.78. The van der Waals surface area contributed by atoms with Crippen LogP contribution < -0.4 is 23.7 Å². The summed E-state index contributed by atoms with van der Waals surface area (Å²) >= 11 is 0. The third-order valence-corrected chi connectivity index (χ3v) is 3.85. The Bertz CT molecular complexity index is 805. The van der Waals surface area contributed by atoms with Gasteiger partial charge in [0.25, 0.3) is 0 Å². The number of allylic oxidation sites excluding steroid dienone is 1. The highest BCUT2D eigenvalue weighted by Gasteiger charge is 2.17. The van der Waals surface area contributed by atoms with Gasteiger partial charge in [0.05, 0.1) is 41.6 Å². The number of benzene rings is 2. The maximum atomic E-state index is 9.29. The van der Waals surface area contributed by atoms with Gasteiger partial charge in [-0.25, -0.2) is 0 Å². The van der Waals surface area contributed by atoms with Crippen molar-refractivity contribution in [2.24, 2.45) is 0 Å². The maximum Gasteiger partial charge on any atom is 0.203 e. The minimum Gasteiger partial charge on any atom is -0.497 e. The molecule has 0 saturated carbocycles. The number of hydrogen-bond acceptors (Lipinski definition) is 6. The minimum atomic E-state index is 0.485. The Morgan fingerprint density at radius 3 is 1.62 bits per heavy atom. The van der Waals surface area contributed by atoms with E-state index in [4.69, 9.17) is 23.7 Å². The van der Waals surface area contributed by atoms with Crippen LogP contribution in [0.3, 0.4) is 0 Å². The molecule has 0 N–H and O–H groups in total. The average Bonchev–Trinajstić information content (AvgIpc) is 2.70. The summed E-state index contributed by atoms with van der Waals surface area (Å²) in [6.07, 6.45) is 1.45. The smallest absolute Gasteiger partial charge is 0.203 e. The van der Waals surface area contributed by atoms with Gasteiger partial charge < -0.3 is 23.7 Å². The molecule has 0 aromatic heterocycles. The molecule has 0 atom stereocenters. The quantitative estimate of drug-likeness (QED) is 0.706. The van der Waals surface area contributed by atoms with E-state index in [1.165, 1.54) is 6.08 Å². The van der Waals surface area contributed by atoms with E-state index >= 15 is 0 Å². The lowest BCUT2D eigenvalue weighted by Gasteiger charge is -2.16. The summed E-state index contributed by atoms with van der Waals surface area (Å²) in [5.41, 5.74) is 2.16. The summed E-state index contributed by atoms with van der Waals surface area (Å²) in [6, 6.07) is 11.1. The van der Waals surface area contributed by atoms with Crippen LogP contribution in [0.25, 0.3) is 5.57 Å². The number of nitrogens with zero attached hydrogens (tertiary/aromatic N) is 1. The highest BCUT2D eigenvalue weighted by molar-refractivity contribution is 5.84. The lowest BCUT2D eigenvalue weighted by Crippen LogP contribution is -1.98. The van der Waals surface area contributed by atoms with Crippen molar-refractivity contribution in [3.63, 3.8) is 0 Å². The number of nitriles is 1. The fourth-order valence-corrected chi connectivity index (χ4v) is 2.60. The van der Waals surface area contributed by atoms with Gasteiger partial charge in [-0.15, -0.1) is 0 Å². The predicted molar refractivity (Wildman–Crippen MR) is 98.3 cm³/mol. The number of rotatable bonds is 7. The molecule has 0 radical (unpaired) electrons. The molecule has 0 unspecified atom stereocenters. The van der Waals surface area contributed by atoms with E-state index in [-0.39, 0.29) is 0 Å². The molecule has 0 bridgehead atoms.